The zero-order chi connectivity index (χ0) is 11.4. The molecule has 2 rings (SSSR count). The molecule has 2 atom stereocenters. The molecule has 1 aliphatic rings. The fraction of sp³-hybridized carbons (Fsp3) is 0.700. The standard InChI is InChI=1S/C10H18N4O2/c1-2-14-4-3-12-10(14)9(13-11)8-7-15-5-6-16-8/h3-4,8-9,13H,2,5-7,11H2,1H3. The summed E-state index contributed by atoms with van der Waals surface area (Å²) in [5.74, 6) is 6.47. The third kappa shape index (κ3) is 2.25. The quantitative estimate of drug-likeness (QED) is 0.550. The molecule has 0 aromatic carbocycles. The summed E-state index contributed by atoms with van der Waals surface area (Å²) < 4.78 is 13.1. The van der Waals surface area contributed by atoms with E-state index in [0.717, 1.165) is 12.4 Å². The molecule has 1 aliphatic heterocycles. The average molecular weight is 226 g/mol. The lowest BCUT2D eigenvalue weighted by molar-refractivity contribution is -0.104. The average Bonchev–Trinajstić information content (AvgIpc) is 2.80. The van der Waals surface area contributed by atoms with E-state index in [-0.39, 0.29) is 12.1 Å². The van der Waals surface area contributed by atoms with Crippen molar-refractivity contribution in [3.05, 3.63) is 18.2 Å². The summed E-state index contributed by atoms with van der Waals surface area (Å²) in [6, 6.07) is -0.129. The van der Waals surface area contributed by atoms with Crippen LogP contribution in [0.4, 0.5) is 0 Å². The fourth-order valence-electron chi connectivity index (χ4n) is 1.91. The van der Waals surface area contributed by atoms with Crippen LogP contribution in [0.1, 0.15) is 18.8 Å². The smallest absolute Gasteiger partial charge is 0.129 e. The molecule has 0 bridgehead atoms. The van der Waals surface area contributed by atoms with Crippen LogP contribution in [0.15, 0.2) is 12.4 Å². The lowest BCUT2D eigenvalue weighted by atomic mass is 10.1. The monoisotopic (exact) mass is 226 g/mol. The number of aryl methyl sites for hydroxylation is 1. The molecule has 6 nitrogen and oxygen atoms in total. The highest BCUT2D eigenvalue weighted by Crippen LogP contribution is 2.19. The molecular weight excluding hydrogens is 208 g/mol. The van der Waals surface area contributed by atoms with Crippen molar-refractivity contribution in [2.45, 2.75) is 25.6 Å². The van der Waals surface area contributed by atoms with Crippen LogP contribution in [-0.2, 0) is 16.0 Å². The van der Waals surface area contributed by atoms with E-state index >= 15 is 0 Å². The molecule has 90 valence electrons. The van der Waals surface area contributed by atoms with Crippen LogP contribution < -0.4 is 11.3 Å². The summed E-state index contributed by atoms with van der Waals surface area (Å²) in [5, 5.41) is 0. The molecule has 1 aromatic heterocycles. The van der Waals surface area contributed by atoms with Crippen LogP contribution in [0.2, 0.25) is 0 Å². The van der Waals surface area contributed by atoms with Gasteiger partial charge in [-0.15, -0.1) is 0 Å². The first-order valence-electron chi connectivity index (χ1n) is 5.53. The first-order valence-corrected chi connectivity index (χ1v) is 5.53. The van der Waals surface area contributed by atoms with E-state index in [1.807, 2.05) is 10.8 Å². The number of nitrogens with zero attached hydrogens (tertiary/aromatic N) is 2. The molecular formula is C10H18N4O2. The van der Waals surface area contributed by atoms with Crippen molar-refractivity contribution >= 4 is 0 Å². The molecule has 2 unspecified atom stereocenters. The van der Waals surface area contributed by atoms with E-state index in [2.05, 4.69) is 17.3 Å². The number of nitrogens with one attached hydrogen (secondary N) is 1. The van der Waals surface area contributed by atoms with Crippen molar-refractivity contribution in [3.63, 3.8) is 0 Å². The number of hydrogen-bond acceptors (Lipinski definition) is 5. The van der Waals surface area contributed by atoms with Gasteiger partial charge in [0.2, 0.25) is 0 Å². The van der Waals surface area contributed by atoms with Gasteiger partial charge in [0.25, 0.3) is 0 Å². The summed E-state index contributed by atoms with van der Waals surface area (Å²) in [7, 11) is 0. The molecule has 3 N–H and O–H groups in total. The first-order chi connectivity index (χ1) is 7.86. The molecule has 2 heterocycles. The van der Waals surface area contributed by atoms with Gasteiger partial charge in [0.05, 0.1) is 19.8 Å². The Morgan fingerprint density at radius 3 is 3.19 bits per heavy atom. The predicted octanol–water partition coefficient (Wildman–Crippen LogP) is -0.177. The summed E-state index contributed by atoms with van der Waals surface area (Å²) in [6.45, 7) is 4.73. The molecule has 0 aliphatic carbocycles. The van der Waals surface area contributed by atoms with E-state index in [0.29, 0.717) is 19.8 Å². The predicted molar refractivity (Wildman–Crippen MR) is 58.5 cm³/mol. The molecule has 1 fully saturated rings. The van der Waals surface area contributed by atoms with E-state index in [1.165, 1.54) is 0 Å². The zero-order valence-electron chi connectivity index (χ0n) is 9.43. The first kappa shape index (κ1) is 11.5. The van der Waals surface area contributed by atoms with Gasteiger partial charge >= 0.3 is 0 Å². The number of ether oxygens (including phenoxy) is 2. The van der Waals surface area contributed by atoms with Gasteiger partial charge in [-0.1, -0.05) is 0 Å². The van der Waals surface area contributed by atoms with Gasteiger partial charge in [-0.25, -0.2) is 10.4 Å². The van der Waals surface area contributed by atoms with Crippen molar-refractivity contribution in [1.29, 1.82) is 0 Å². The van der Waals surface area contributed by atoms with Crippen molar-refractivity contribution in [3.8, 4) is 0 Å². The lowest BCUT2D eigenvalue weighted by Gasteiger charge is -2.29. The normalized spacial score (nSPS) is 23.2. The highest BCUT2D eigenvalue weighted by atomic mass is 16.6. The number of rotatable bonds is 4. The van der Waals surface area contributed by atoms with Gasteiger partial charge in [-0.3, -0.25) is 5.84 Å². The number of imidazole rings is 1. The second-order valence-corrected chi connectivity index (χ2v) is 3.70. The largest absolute Gasteiger partial charge is 0.376 e. The maximum Gasteiger partial charge on any atom is 0.129 e. The summed E-state index contributed by atoms with van der Waals surface area (Å²) >= 11 is 0. The Morgan fingerprint density at radius 2 is 2.56 bits per heavy atom. The molecule has 1 saturated heterocycles. The molecule has 0 radical (unpaired) electrons. The molecule has 0 amide bonds. The van der Waals surface area contributed by atoms with E-state index in [1.54, 1.807) is 6.20 Å². The number of hydrazine groups is 1. The van der Waals surface area contributed by atoms with E-state index in [4.69, 9.17) is 15.3 Å². The van der Waals surface area contributed by atoms with Gasteiger partial charge in [0.1, 0.15) is 18.0 Å². The number of hydrogen-bond donors (Lipinski definition) is 2. The third-order valence-electron chi connectivity index (χ3n) is 2.76. The number of nitrogens with two attached hydrogens (primary N) is 1. The molecule has 0 saturated carbocycles. The second-order valence-electron chi connectivity index (χ2n) is 3.70. The van der Waals surface area contributed by atoms with E-state index < -0.39 is 0 Å². The zero-order valence-corrected chi connectivity index (χ0v) is 9.43. The van der Waals surface area contributed by atoms with Crippen LogP contribution >= 0.6 is 0 Å². The summed E-state index contributed by atoms with van der Waals surface area (Å²) in [4.78, 5) is 4.32. The van der Waals surface area contributed by atoms with Gasteiger partial charge in [-0.2, -0.15) is 0 Å². The van der Waals surface area contributed by atoms with Crippen molar-refractivity contribution in [2.24, 2.45) is 5.84 Å². The SMILES string of the molecule is CCn1ccnc1C(NN)C1COCCO1. The molecule has 6 heteroatoms. The maximum absolute atomic E-state index is 5.63. The van der Waals surface area contributed by atoms with Crippen LogP contribution in [0.25, 0.3) is 0 Å². The maximum atomic E-state index is 5.63. The lowest BCUT2D eigenvalue weighted by Crippen LogP contribution is -2.44. The Bertz CT molecular complexity index is 322. The Labute approximate surface area is 94.7 Å². The number of aromatic nitrogens is 2. The van der Waals surface area contributed by atoms with Gasteiger partial charge < -0.3 is 14.0 Å². The molecule has 16 heavy (non-hydrogen) atoms. The minimum Gasteiger partial charge on any atom is -0.376 e. The second kappa shape index (κ2) is 5.40. The Balaban J connectivity index is 2.14. The third-order valence-corrected chi connectivity index (χ3v) is 2.76. The highest BCUT2D eigenvalue weighted by Gasteiger charge is 2.28. The van der Waals surface area contributed by atoms with Crippen LogP contribution in [-0.4, -0.2) is 35.5 Å². The summed E-state index contributed by atoms with van der Waals surface area (Å²) in [5.41, 5.74) is 2.76. The van der Waals surface area contributed by atoms with Gasteiger partial charge in [0, 0.05) is 18.9 Å². The van der Waals surface area contributed by atoms with Crippen molar-refractivity contribution in [1.82, 2.24) is 15.0 Å². The van der Waals surface area contributed by atoms with Crippen LogP contribution in [0.5, 0.6) is 0 Å². The summed E-state index contributed by atoms with van der Waals surface area (Å²) in [6.07, 6.45) is 3.63. The Morgan fingerprint density at radius 1 is 1.69 bits per heavy atom. The molecule has 0 spiro atoms. The Hall–Kier alpha value is -0.950. The van der Waals surface area contributed by atoms with Gasteiger partial charge in [-0.05, 0) is 6.92 Å². The molecule has 1 aromatic rings. The minimum atomic E-state index is -0.129. The van der Waals surface area contributed by atoms with Crippen LogP contribution in [0.3, 0.4) is 0 Å². The fourth-order valence-corrected chi connectivity index (χ4v) is 1.91. The van der Waals surface area contributed by atoms with Crippen molar-refractivity contribution < 1.29 is 9.47 Å². The van der Waals surface area contributed by atoms with E-state index in [9.17, 15) is 0 Å². The van der Waals surface area contributed by atoms with Gasteiger partial charge in [0.15, 0.2) is 0 Å². The Kier molecular flexibility index (Phi) is 3.89. The van der Waals surface area contributed by atoms with Crippen molar-refractivity contribution in [2.75, 3.05) is 19.8 Å². The highest BCUT2D eigenvalue weighted by molar-refractivity contribution is 5.02. The topological polar surface area (TPSA) is 74.3 Å². The van der Waals surface area contributed by atoms with Crippen LogP contribution in [0, 0.1) is 0 Å². The minimum absolute atomic E-state index is 0.0774.